The van der Waals surface area contributed by atoms with Gasteiger partial charge in [0.15, 0.2) is 0 Å². The third kappa shape index (κ3) is 4.53. The lowest BCUT2D eigenvalue weighted by Gasteiger charge is -2.27. The molecule has 1 N–H and O–H groups in total. The first-order chi connectivity index (χ1) is 9.57. The number of hydrogen-bond donors (Lipinski definition) is 1. The molecule has 0 saturated heterocycles. The van der Waals surface area contributed by atoms with Crippen molar-refractivity contribution in [3.8, 4) is 0 Å². The monoisotopic (exact) mass is 354 g/mol. The number of halogens is 4. The van der Waals surface area contributed by atoms with E-state index in [9.17, 15) is 30.8 Å². The molecule has 0 saturated carbocycles. The molecule has 0 aromatic rings. The van der Waals surface area contributed by atoms with Crippen molar-refractivity contribution in [3.05, 3.63) is 0 Å². The summed E-state index contributed by atoms with van der Waals surface area (Å²) in [5, 5.41) is -5.82. The Morgan fingerprint density at radius 2 is 1.59 bits per heavy atom. The minimum absolute atomic E-state index is 0.133. The molecule has 0 unspecified atom stereocenters. The predicted octanol–water partition coefficient (Wildman–Crippen LogP) is 2.30. The molecular formula is C11H18F4O6S. The van der Waals surface area contributed by atoms with E-state index in [0.717, 1.165) is 0 Å². The maximum Gasteiger partial charge on any atom is 0.459 e. The molecule has 0 aliphatic heterocycles. The van der Waals surface area contributed by atoms with E-state index in [1.165, 1.54) is 0 Å². The van der Waals surface area contributed by atoms with Crippen molar-refractivity contribution in [2.24, 2.45) is 11.3 Å². The maximum atomic E-state index is 12.9. The number of hydrogen-bond acceptors (Lipinski definition) is 5. The first kappa shape index (κ1) is 21.1. The topological polar surface area (TPSA) is 89.9 Å². The van der Waals surface area contributed by atoms with Gasteiger partial charge < -0.3 is 9.47 Å². The average Bonchev–Trinajstić information content (AvgIpc) is 2.32. The van der Waals surface area contributed by atoms with Crippen LogP contribution in [-0.2, 0) is 24.4 Å². The van der Waals surface area contributed by atoms with E-state index < -0.39 is 46.1 Å². The van der Waals surface area contributed by atoms with Gasteiger partial charge >= 0.3 is 27.5 Å². The largest absolute Gasteiger partial charge is 0.463 e. The highest BCUT2D eigenvalue weighted by molar-refractivity contribution is 7.86. The molecule has 0 heterocycles. The van der Waals surface area contributed by atoms with E-state index in [1.807, 2.05) is 0 Å². The molecule has 6 nitrogen and oxygen atoms in total. The SMILES string of the molecule is CC(C)C(C)(C)C(=O)OCCOC(F)(F)C(F)(F)S(=O)(=O)O. The first-order valence-corrected chi connectivity index (χ1v) is 7.55. The van der Waals surface area contributed by atoms with Gasteiger partial charge in [0.05, 0.1) is 12.0 Å². The molecule has 132 valence electrons. The number of alkyl halides is 4. The highest BCUT2D eigenvalue weighted by Gasteiger charge is 2.67. The quantitative estimate of drug-likeness (QED) is 0.311. The molecule has 0 fully saturated rings. The summed E-state index contributed by atoms with van der Waals surface area (Å²) >= 11 is 0. The van der Waals surface area contributed by atoms with Crippen molar-refractivity contribution in [2.45, 2.75) is 39.1 Å². The minimum atomic E-state index is -6.36. The summed E-state index contributed by atoms with van der Waals surface area (Å²) in [6, 6.07) is 0. The normalized spacial score (nSPS) is 14.3. The molecule has 11 heteroatoms. The molecule has 0 spiro atoms. The first-order valence-electron chi connectivity index (χ1n) is 6.11. The van der Waals surface area contributed by atoms with Gasteiger partial charge in [0.25, 0.3) is 0 Å². The van der Waals surface area contributed by atoms with Gasteiger partial charge in [0, 0.05) is 0 Å². The number of carbonyl (C=O) groups excluding carboxylic acids is 1. The number of carbonyl (C=O) groups is 1. The smallest absolute Gasteiger partial charge is 0.459 e. The van der Waals surface area contributed by atoms with Gasteiger partial charge in [-0.05, 0) is 19.8 Å². The highest BCUT2D eigenvalue weighted by Crippen LogP contribution is 2.39. The van der Waals surface area contributed by atoms with E-state index in [4.69, 9.17) is 4.55 Å². The van der Waals surface area contributed by atoms with E-state index in [0.29, 0.717) is 0 Å². The molecule has 0 radical (unpaired) electrons. The Balaban J connectivity index is 4.58. The summed E-state index contributed by atoms with van der Waals surface area (Å²) < 4.78 is 87.9. The van der Waals surface area contributed by atoms with Crippen LogP contribution in [0.1, 0.15) is 27.7 Å². The summed E-state index contributed by atoms with van der Waals surface area (Å²) in [7, 11) is -6.36. The van der Waals surface area contributed by atoms with Crippen LogP contribution in [0.3, 0.4) is 0 Å². The second-order valence-electron chi connectivity index (χ2n) is 5.37. The van der Waals surface area contributed by atoms with Crippen molar-refractivity contribution >= 4 is 16.1 Å². The van der Waals surface area contributed by atoms with Crippen molar-refractivity contribution in [2.75, 3.05) is 13.2 Å². The van der Waals surface area contributed by atoms with Gasteiger partial charge in [-0.15, -0.1) is 0 Å². The van der Waals surface area contributed by atoms with Crippen LogP contribution >= 0.6 is 0 Å². The second kappa shape index (κ2) is 6.67. The Labute approximate surface area is 125 Å². The van der Waals surface area contributed by atoms with Crippen molar-refractivity contribution in [3.63, 3.8) is 0 Å². The molecule has 0 aliphatic rings. The van der Waals surface area contributed by atoms with E-state index in [-0.39, 0.29) is 5.92 Å². The molecule has 0 amide bonds. The van der Waals surface area contributed by atoms with Crippen LogP contribution in [0.15, 0.2) is 0 Å². The van der Waals surface area contributed by atoms with Gasteiger partial charge in [0.2, 0.25) is 0 Å². The minimum Gasteiger partial charge on any atom is -0.463 e. The van der Waals surface area contributed by atoms with Gasteiger partial charge in [-0.2, -0.15) is 26.0 Å². The molecule has 0 bridgehead atoms. The molecular weight excluding hydrogens is 336 g/mol. The second-order valence-corrected chi connectivity index (χ2v) is 6.83. The van der Waals surface area contributed by atoms with Crippen LogP contribution in [0.4, 0.5) is 17.6 Å². The summed E-state index contributed by atoms with van der Waals surface area (Å²) in [5.74, 6) is -0.887. The Kier molecular flexibility index (Phi) is 6.38. The Morgan fingerprint density at radius 1 is 1.14 bits per heavy atom. The molecule has 0 rings (SSSR count). The van der Waals surface area contributed by atoms with Crippen molar-refractivity contribution in [1.29, 1.82) is 0 Å². The molecule has 0 aromatic heterocycles. The number of rotatable bonds is 8. The van der Waals surface area contributed by atoms with Gasteiger partial charge in [-0.25, -0.2) is 0 Å². The Morgan fingerprint density at radius 3 is 1.95 bits per heavy atom. The van der Waals surface area contributed by atoms with Crippen molar-refractivity contribution < 1.29 is 44.8 Å². The van der Waals surface area contributed by atoms with Gasteiger partial charge in [-0.1, -0.05) is 13.8 Å². The zero-order chi connectivity index (χ0) is 18.0. The zero-order valence-corrected chi connectivity index (χ0v) is 13.2. The van der Waals surface area contributed by atoms with E-state index in [1.54, 1.807) is 27.7 Å². The zero-order valence-electron chi connectivity index (χ0n) is 12.4. The molecule has 0 aliphatic carbocycles. The van der Waals surface area contributed by atoms with Gasteiger partial charge in [0.1, 0.15) is 6.61 Å². The third-order valence-corrected chi connectivity index (χ3v) is 4.12. The lowest BCUT2D eigenvalue weighted by atomic mass is 9.81. The van der Waals surface area contributed by atoms with E-state index >= 15 is 0 Å². The van der Waals surface area contributed by atoms with Crippen LogP contribution in [0.2, 0.25) is 0 Å². The maximum absolute atomic E-state index is 12.9. The Hall–Kier alpha value is -0.940. The third-order valence-electron chi connectivity index (χ3n) is 3.23. The fourth-order valence-corrected chi connectivity index (χ4v) is 1.32. The summed E-state index contributed by atoms with van der Waals surface area (Å²) in [6.45, 7) is 4.56. The van der Waals surface area contributed by atoms with Crippen LogP contribution in [0.5, 0.6) is 0 Å². The summed E-state index contributed by atoms with van der Waals surface area (Å²) in [4.78, 5) is 11.6. The summed E-state index contributed by atoms with van der Waals surface area (Å²) in [5.41, 5.74) is -0.930. The standard InChI is InChI=1S/C11H18F4O6S/c1-7(2)9(3,4)8(16)20-5-6-21-10(12,13)11(14,15)22(17,18)19/h7H,5-6H2,1-4H3,(H,17,18,19). The fraction of sp³-hybridized carbons (Fsp3) is 0.909. The Bertz CT molecular complexity index is 501. The number of ether oxygens (including phenoxy) is 2. The van der Waals surface area contributed by atoms with Crippen molar-refractivity contribution in [1.82, 2.24) is 0 Å². The molecule has 0 aromatic carbocycles. The van der Waals surface area contributed by atoms with Crippen LogP contribution in [0, 0.1) is 11.3 Å². The molecule has 22 heavy (non-hydrogen) atoms. The van der Waals surface area contributed by atoms with Crippen LogP contribution < -0.4 is 0 Å². The van der Waals surface area contributed by atoms with Crippen LogP contribution in [-0.4, -0.2) is 43.5 Å². The van der Waals surface area contributed by atoms with Gasteiger partial charge in [-0.3, -0.25) is 9.35 Å². The average molecular weight is 354 g/mol. The number of esters is 1. The van der Waals surface area contributed by atoms with E-state index in [2.05, 4.69) is 9.47 Å². The van der Waals surface area contributed by atoms with Crippen LogP contribution in [0.25, 0.3) is 0 Å². The highest BCUT2D eigenvalue weighted by atomic mass is 32.2. The molecule has 0 atom stereocenters. The summed E-state index contributed by atoms with van der Waals surface area (Å²) in [6.07, 6.45) is -5.47. The fourth-order valence-electron chi connectivity index (χ4n) is 0.960. The lowest BCUT2D eigenvalue weighted by molar-refractivity contribution is -0.320. The lowest BCUT2D eigenvalue weighted by Crippen LogP contribution is -2.49. The predicted molar refractivity (Wildman–Crippen MR) is 67.0 cm³/mol.